The van der Waals surface area contributed by atoms with Crippen LogP contribution in [0.1, 0.15) is 37.3 Å². The molecule has 0 saturated heterocycles. The molecule has 1 nitrogen and oxygen atoms in total. The molecule has 5 aromatic rings. The van der Waals surface area contributed by atoms with E-state index in [1.54, 1.807) is 6.07 Å². The van der Waals surface area contributed by atoms with Crippen LogP contribution in [-0.2, 0) is 6.42 Å². The van der Waals surface area contributed by atoms with Crippen molar-refractivity contribution in [2.75, 3.05) is 0 Å². The Morgan fingerprint density at radius 2 is 1.09 bits per heavy atom. The van der Waals surface area contributed by atoms with Crippen molar-refractivity contribution in [3.8, 4) is 39.1 Å². The summed E-state index contributed by atoms with van der Waals surface area (Å²) >= 11 is 0. The van der Waals surface area contributed by atoms with Gasteiger partial charge in [0, 0.05) is 29.3 Å². The maximum Gasteiger partial charge on any atom is 0.419 e. The number of halogens is 8. The van der Waals surface area contributed by atoms with Crippen molar-refractivity contribution < 1.29 is 39.9 Å². The lowest BCUT2D eigenvalue weighted by Crippen LogP contribution is -2.21. The van der Waals surface area contributed by atoms with Gasteiger partial charge in [-0.05, 0) is 70.5 Å². The standard InChI is InChI=1S/C38H28F8O/c1-2-3-4-5-23-6-8-24(9-7-23)25-10-12-26(13-11-25)27-14-15-30(32(39)18-27)28-19-33(40)31(34(41)20-28)16-17-38(45,46)47-29-21-35(42)37(44)36(43)22-29/h6-22H,2-5H2,1H3. The third-order valence-electron chi connectivity index (χ3n) is 7.59. The second-order valence-electron chi connectivity index (χ2n) is 11.0. The van der Waals surface area contributed by atoms with E-state index in [2.05, 4.69) is 35.9 Å². The van der Waals surface area contributed by atoms with Crippen LogP contribution in [0.3, 0.4) is 0 Å². The fourth-order valence-corrected chi connectivity index (χ4v) is 5.09. The first-order chi connectivity index (χ1) is 22.4. The topological polar surface area (TPSA) is 9.23 Å². The smallest absolute Gasteiger partial charge is 0.419 e. The van der Waals surface area contributed by atoms with Crippen molar-refractivity contribution >= 4 is 6.08 Å². The van der Waals surface area contributed by atoms with E-state index in [-0.39, 0.29) is 29.3 Å². The number of hydrogen-bond acceptors (Lipinski definition) is 1. The van der Waals surface area contributed by atoms with E-state index in [1.165, 1.54) is 30.5 Å². The van der Waals surface area contributed by atoms with Crippen molar-refractivity contribution in [2.45, 2.75) is 38.7 Å². The minimum Gasteiger partial charge on any atom is -0.429 e. The van der Waals surface area contributed by atoms with Crippen LogP contribution in [0.4, 0.5) is 35.1 Å². The molecule has 0 heterocycles. The zero-order valence-electron chi connectivity index (χ0n) is 25.1. The van der Waals surface area contributed by atoms with E-state index in [0.717, 1.165) is 41.7 Å². The summed E-state index contributed by atoms with van der Waals surface area (Å²) in [5.41, 5.74) is 3.41. The zero-order chi connectivity index (χ0) is 33.7. The third kappa shape index (κ3) is 8.09. The summed E-state index contributed by atoms with van der Waals surface area (Å²) < 4.78 is 117. The van der Waals surface area contributed by atoms with Crippen molar-refractivity contribution in [1.82, 2.24) is 0 Å². The van der Waals surface area contributed by atoms with Gasteiger partial charge in [0.2, 0.25) is 0 Å². The Kier molecular flexibility index (Phi) is 10.1. The van der Waals surface area contributed by atoms with Gasteiger partial charge in [-0.2, -0.15) is 8.78 Å². The van der Waals surface area contributed by atoms with Crippen LogP contribution in [0.5, 0.6) is 5.75 Å². The van der Waals surface area contributed by atoms with Gasteiger partial charge in [0.1, 0.15) is 23.2 Å². The van der Waals surface area contributed by atoms with Crippen LogP contribution in [0.25, 0.3) is 39.5 Å². The van der Waals surface area contributed by atoms with Gasteiger partial charge in [-0.15, -0.1) is 0 Å². The molecule has 0 unspecified atom stereocenters. The number of alkyl halides is 2. The SMILES string of the molecule is CCCCCc1ccc(-c2ccc(-c3ccc(-c4cc(F)c(C=CC(F)(F)Oc5cc(F)c(F)c(F)c5)c(F)c4)c(F)c3)cc2)cc1. The normalized spacial score (nSPS) is 11.8. The largest absolute Gasteiger partial charge is 0.429 e. The van der Waals surface area contributed by atoms with Crippen LogP contribution in [-0.4, -0.2) is 6.11 Å². The highest BCUT2D eigenvalue weighted by Gasteiger charge is 2.29. The highest BCUT2D eigenvalue weighted by atomic mass is 19.3. The molecular weight excluding hydrogens is 624 g/mol. The quantitative estimate of drug-likeness (QED) is 0.0784. The Labute approximate surface area is 266 Å². The summed E-state index contributed by atoms with van der Waals surface area (Å²) in [4.78, 5) is 0. The van der Waals surface area contributed by atoms with Gasteiger partial charge >= 0.3 is 6.11 Å². The van der Waals surface area contributed by atoms with Crippen molar-refractivity contribution in [3.05, 3.63) is 143 Å². The van der Waals surface area contributed by atoms with Crippen molar-refractivity contribution in [3.63, 3.8) is 0 Å². The molecule has 0 N–H and O–H groups in total. The summed E-state index contributed by atoms with van der Waals surface area (Å²) in [5.74, 6) is -9.77. The average molecular weight is 653 g/mol. The van der Waals surface area contributed by atoms with Crippen molar-refractivity contribution in [2.24, 2.45) is 0 Å². The maximum absolute atomic E-state index is 15.2. The van der Waals surface area contributed by atoms with Gasteiger partial charge in [0.05, 0.1) is 0 Å². The molecule has 0 amide bonds. The number of unbranched alkanes of at least 4 members (excludes halogenated alkanes) is 2. The summed E-state index contributed by atoms with van der Waals surface area (Å²) in [6, 6.07) is 22.1. The Morgan fingerprint density at radius 3 is 1.64 bits per heavy atom. The lowest BCUT2D eigenvalue weighted by atomic mass is 9.96. The number of ether oxygens (including phenoxy) is 1. The van der Waals surface area contributed by atoms with Crippen LogP contribution >= 0.6 is 0 Å². The molecule has 0 spiro atoms. The van der Waals surface area contributed by atoms with E-state index in [0.29, 0.717) is 11.6 Å². The second kappa shape index (κ2) is 14.2. The Hall–Kier alpha value is -4.92. The van der Waals surface area contributed by atoms with Gasteiger partial charge in [-0.3, -0.25) is 0 Å². The van der Waals surface area contributed by atoms with Crippen LogP contribution < -0.4 is 4.74 Å². The van der Waals surface area contributed by atoms with Crippen LogP contribution in [0.2, 0.25) is 0 Å². The van der Waals surface area contributed by atoms with Gasteiger partial charge in [0.25, 0.3) is 0 Å². The first-order valence-corrected chi connectivity index (χ1v) is 14.8. The predicted molar refractivity (Wildman–Crippen MR) is 167 cm³/mol. The second-order valence-corrected chi connectivity index (χ2v) is 11.0. The summed E-state index contributed by atoms with van der Waals surface area (Å²) in [5, 5.41) is 0. The number of aryl methyl sites for hydroxylation is 1. The van der Waals surface area contributed by atoms with Gasteiger partial charge in [0.15, 0.2) is 17.5 Å². The molecule has 47 heavy (non-hydrogen) atoms. The van der Waals surface area contributed by atoms with Crippen LogP contribution in [0.15, 0.2) is 97.1 Å². The molecule has 5 rings (SSSR count). The summed E-state index contributed by atoms with van der Waals surface area (Å²) in [6.07, 6.45) is 0.600. The molecule has 0 saturated carbocycles. The number of benzene rings is 5. The Balaban J connectivity index is 1.30. The fourth-order valence-electron chi connectivity index (χ4n) is 5.09. The van der Waals surface area contributed by atoms with E-state index >= 15 is 4.39 Å². The predicted octanol–water partition coefficient (Wildman–Crippen LogP) is 11.9. The summed E-state index contributed by atoms with van der Waals surface area (Å²) in [7, 11) is 0. The molecular formula is C38H28F8O. The van der Waals surface area contributed by atoms with E-state index < -0.39 is 52.3 Å². The number of rotatable bonds is 11. The highest BCUT2D eigenvalue weighted by molar-refractivity contribution is 5.74. The fraction of sp³-hybridized carbons (Fsp3) is 0.158. The average Bonchev–Trinajstić information content (AvgIpc) is 3.03. The lowest BCUT2D eigenvalue weighted by molar-refractivity contribution is -0.131. The molecule has 0 aliphatic heterocycles. The molecule has 0 aromatic heterocycles. The van der Waals surface area contributed by atoms with E-state index in [9.17, 15) is 30.7 Å². The summed E-state index contributed by atoms with van der Waals surface area (Å²) in [6.45, 7) is 2.17. The third-order valence-corrected chi connectivity index (χ3v) is 7.59. The first-order valence-electron chi connectivity index (χ1n) is 14.8. The lowest BCUT2D eigenvalue weighted by Gasteiger charge is -2.15. The van der Waals surface area contributed by atoms with E-state index in [4.69, 9.17) is 0 Å². The molecule has 0 atom stereocenters. The molecule has 5 aromatic carbocycles. The molecule has 0 aliphatic rings. The minimum absolute atomic E-state index is 0.0440. The Bertz CT molecular complexity index is 1850. The molecule has 0 radical (unpaired) electrons. The minimum atomic E-state index is -4.28. The molecule has 242 valence electrons. The monoisotopic (exact) mass is 652 g/mol. The van der Waals surface area contributed by atoms with Gasteiger partial charge < -0.3 is 4.74 Å². The van der Waals surface area contributed by atoms with Gasteiger partial charge in [-0.25, -0.2) is 26.3 Å². The molecule has 0 bridgehead atoms. The molecule has 0 aliphatic carbocycles. The number of hydrogen-bond donors (Lipinski definition) is 0. The first kappa shape index (κ1) is 33.4. The molecule has 9 heteroatoms. The zero-order valence-corrected chi connectivity index (χ0v) is 25.1. The maximum atomic E-state index is 15.2. The highest BCUT2D eigenvalue weighted by Crippen LogP contribution is 2.33. The van der Waals surface area contributed by atoms with E-state index in [1.807, 2.05) is 24.3 Å². The van der Waals surface area contributed by atoms with Crippen LogP contribution in [0, 0.1) is 34.9 Å². The molecule has 0 fully saturated rings. The Morgan fingerprint density at radius 1 is 0.574 bits per heavy atom. The van der Waals surface area contributed by atoms with Gasteiger partial charge in [-0.1, -0.05) is 80.4 Å². The van der Waals surface area contributed by atoms with Crippen molar-refractivity contribution in [1.29, 1.82) is 0 Å².